The minimum absolute atomic E-state index is 0.0834. The molecule has 0 saturated heterocycles. The van der Waals surface area contributed by atoms with Crippen LogP contribution in [0.4, 0.5) is 0 Å². The second kappa shape index (κ2) is 5.46. The Balaban J connectivity index is 1.87. The Morgan fingerprint density at radius 2 is 1.70 bits per heavy atom. The van der Waals surface area contributed by atoms with Crippen LogP contribution in [0.1, 0.15) is 15.9 Å². The Morgan fingerprint density at radius 1 is 0.913 bits per heavy atom. The van der Waals surface area contributed by atoms with Crippen LogP contribution in [-0.2, 0) is 0 Å². The van der Waals surface area contributed by atoms with E-state index in [-0.39, 0.29) is 5.78 Å². The third-order valence-corrected chi connectivity index (χ3v) is 3.66. The molecule has 110 valence electrons. The van der Waals surface area contributed by atoms with E-state index in [1.54, 1.807) is 41.4 Å². The van der Waals surface area contributed by atoms with Crippen LogP contribution in [0, 0.1) is 0 Å². The molecule has 23 heavy (non-hydrogen) atoms. The van der Waals surface area contributed by atoms with E-state index in [1.807, 2.05) is 36.4 Å². The minimum atomic E-state index is -0.0834. The predicted molar refractivity (Wildman–Crippen MR) is 86.1 cm³/mol. The summed E-state index contributed by atoms with van der Waals surface area (Å²) in [6.07, 6.45) is 6.71. The van der Waals surface area contributed by atoms with E-state index >= 15 is 0 Å². The number of pyridine rings is 1. The van der Waals surface area contributed by atoms with E-state index in [9.17, 15) is 4.79 Å². The van der Waals surface area contributed by atoms with Gasteiger partial charge in [0.15, 0.2) is 11.4 Å². The molecule has 3 heterocycles. The van der Waals surface area contributed by atoms with Gasteiger partial charge < -0.3 is 0 Å². The molecule has 1 aromatic carbocycles. The van der Waals surface area contributed by atoms with E-state index in [2.05, 4.69) is 15.1 Å². The van der Waals surface area contributed by atoms with Gasteiger partial charge in [-0.3, -0.25) is 9.78 Å². The summed E-state index contributed by atoms with van der Waals surface area (Å²) in [6, 6.07) is 14.8. The maximum atomic E-state index is 12.7. The highest BCUT2D eigenvalue weighted by atomic mass is 16.1. The molecule has 5 heteroatoms. The summed E-state index contributed by atoms with van der Waals surface area (Å²) < 4.78 is 1.69. The maximum absolute atomic E-state index is 12.7. The fourth-order valence-electron chi connectivity index (χ4n) is 2.54. The lowest BCUT2D eigenvalue weighted by Gasteiger charge is -2.04. The zero-order chi connectivity index (χ0) is 15.6. The molecule has 0 aliphatic heterocycles. The van der Waals surface area contributed by atoms with E-state index in [0.717, 1.165) is 11.3 Å². The first-order valence-electron chi connectivity index (χ1n) is 7.17. The smallest absolute Gasteiger partial charge is 0.198 e. The first kappa shape index (κ1) is 13.3. The number of carbonyl (C=O) groups is 1. The van der Waals surface area contributed by atoms with Gasteiger partial charge in [-0.2, -0.15) is 5.10 Å². The van der Waals surface area contributed by atoms with Gasteiger partial charge in [0.25, 0.3) is 0 Å². The Labute approximate surface area is 132 Å². The number of ketones is 1. The Kier molecular flexibility index (Phi) is 3.16. The molecule has 0 aliphatic rings. The molecular formula is C18H12N4O. The number of rotatable bonds is 3. The molecule has 5 nitrogen and oxygen atoms in total. The van der Waals surface area contributed by atoms with Crippen LogP contribution < -0.4 is 0 Å². The summed E-state index contributed by atoms with van der Waals surface area (Å²) in [4.78, 5) is 21.0. The van der Waals surface area contributed by atoms with Crippen molar-refractivity contribution in [2.24, 2.45) is 0 Å². The third-order valence-electron chi connectivity index (χ3n) is 3.66. The predicted octanol–water partition coefficient (Wildman–Crippen LogP) is 3.02. The van der Waals surface area contributed by atoms with Crippen molar-refractivity contribution in [3.63, 3.8) is 0 Å². The Hall–Kier alpha value is -3.34. The van der Waals surface area contributed by atoms with Gasteiger partial charge in [-0.1, -0.05) is 30.3 Å². The zero-order valence-electron chi connectivity index (χ0n) is 12.1. The average Bonchev–Trinajstić information content (AvgIpc) is 3.06. The van der Waals surface area contributed by atoms with Crippen molar-refractivity contribution in [2.45, 2.75) is 0 Å². The number of fused-ring (bicyclic) bond motifs is 1. The lowest BCUT2D eigenvalue weighted by molar-refractivity contribution is 0.104. The van der Waals surface area contributed by atoms with Crippen LogP contribution in [0.15, 0.2) is 73.3 Å². The number of hydrogen-bond donors (Lipinski definition) is 0. The van der Waals surface area contributed by atoms with Gasteiger partial charge in [-0.05, 0) is 18.2 Å². The fraction of sp³-hybridized carbons (Fsp3) is 0. The van der Waals surface area contributed by atoms with Gasteiger partial charge in [0.2, 0.25) is 0 Å². The van der Waals surface area contributed by atoms with Crippen LogP contribution in [0.5, 0.6) is 0 Å². The first-order valence-corrected chi connectivity index (χ1v) is 7.17. The van der Waals surface area contributed by atoms with E-state index < -0.39 is 0 Å². The second-order valence-corrected chi connectivity index (χ2v) is 5.05. The van der Waals surface area contributed by atoms with Crippen molar-refractivity contribution in [1.29, 1.82) is 0 Å². The summed E-state index contributed by atoms with van der Waals surface area (Å²) in [5.41, 5.74) is 3.50. The van der Waals surface area contributed by atoms with Crippen molar-refractivity contribution >= 4 is 11.4 Å². The monoisotopic (exact) mass is 300 g/mol. The molecule has 0 atom stereocenters. The van der Waals surface area contributed by atoms with Gasteiger partial charge in [-0.25, -0.2) is 9.50 Å². The van der Waals surface area contributed by atoms with Crippen LogP contribution in [0.2, 0.25) is 0 Å². The summed E-state index contributed by atoms with van der Waals surface area (Å²) >= 11 is 0. The third kappa shape index (κ3) is 2.28. The molecular weight excluding hydrogens is 288 g/mol. The van der Waals surface area contributed by atoms with E-state index in [1.165, 1.54) is 0 Å². The summed E-state index contributed by atoms with van der Waals surface area (Å²) in [5, 5.41) is 4.35. The molecule has 3 aromatic heterocycles. The SMILES string of the molecule is O=C(c1ccccc1)c1cnn2c(-c3ccncc3)ccnc12. The number of carbonyl (C=O) groups excluding carboxylic acids is 1. The lowest BCUT2D eigenvalue weighted by atomic mass is 10.1. The van der Waals surface area contributed by atoms with Gasteiger partial charge >= 0.3 is 0 Å². The van der Waals surface area contributed by atoms with Crippen LogP contribution >= 0.6 is 0 Å². The average molecular weight is 300 g/mol. The molecule has 0 amide bonds. The molecule has 4 aromatic rings. The molecule has 0 saturated carbocycles. The number of benzene rings is 1. The highest BCUT2D eigenvalue weighted by Gasteiger charge is 2.17. The quantitative estimate of drug-likeness (QED) is 0.546. The number of nitrogens with zero attached hydrogens (tertiary/aromatic N) is 4. The summed E-state index contributed by atoms with van der Waals surface area (Å²) in [7, 11) is 0. The van der Waals surface area contributed by atoms with Crippen molar-refractivity contribution < 1.29 is 4.79 Å². The molecule has 0 fully saturated rings. The van der Waals surface area contributed by atoms with Crippen molar-refractivity contribution in [1.82, 2.24) is 19.6 Å². The highest BCUT2D eigenvalue weighted by Crippen LogP contribution is 2.21. The topological polar surface area (TPSA) is 60.2 Å². The molecule has 0 radical (unpaired) electrons. The molecule has 0 N–H and O–H groups in total. The Bertz CT molecular complexity index is 978. The number of aromatic nitrogens is 4. The van der Waals surface area contributed by atoms with E-state index in [0.29, 0.717) is 16.8 Å². The standard InChI is InChI=1S/C18H12N4O/c23-17(14-4-2-1-3-5-14)15-12-21-22-16(8-11-20-18(15)22)13-6-9-19-10-7-13/h1-12H. The highest BCUT2D eigenvalue weighted by molar-refractivity contribution is 6.12. The van der Waals surface area contributed by atoms with E-state index in [4.69, 9.17) is 0 Å². The van der Waals surface area contributed by atoms with Gasteiger partial charge in [-0.15, -0.1) is 0 Å². The van der Waals surface area contributed by atoms with Crippen molar-refractivity contribution in [2.75, 3.05) is 0 Å². The Morgan fingerprint density at radius 3 is 2.48 bits per heavy atom. The second-order valence-electron chi connectivity index (χ2n) is 5.05. The normalized spacial score (nSPS) is 10.8. The summed E-state index contributed by atoms with van der Waals surface area (Å²) in [6.45, 7) is 0. The lowest BCUT2D eigenvalue weighted by Crippen LogP contribution is -2.02. The maximum Gasteiger partial charge on any atom is 0.198 e. The van der Waals surface area contributed by atoms with Crippen LogP contribution in [0.25, 0.3) is 16.9 Å². The molecule has 0 spiro atoms. The van der Waals surface area contributed by atoms with Gasteiger partial charge in [0.05, 0.1) is 17.5 Å². The fourth-order valence-corrected chi connectivity index (χ4v) is 2.54. The largest absolute Gasteiger partial charge is 0.288 e. The molecule has 0 bridgehead atoms. The van der Waals surface area contributed by atoms with Gasteiger partial charge in [0.1, 0.15) is 0 Å². The van der Waals surface area contributed by atoms with Crippen LogP contribution in [0.3, 0.4) is 0 Å². The zero-order valence-corrected chi connectivity index (χ0v) is 12.1. The minimum Gasteiger partial charge on any atom is -0.288 e. The molecule has 0 unspecified atom stereocenters. The molecule has 0 aliphatic carbocycles. The first-order chi connectivity index (χ1) is 11.3. The van der Waals surface area contributed by atoms with Gasteiger partial charge in [0, 0.05) is 29.7 Å². The summed E-state index contributed by atoms with van der Waals surface area (Å²) in [5.74, 6) is -0.0834. The molecule has 4 rings (SSSR count). The number of hydrogen-bond acceptors (Lipinski definition) is 4. The van der Waals surface area contributed by atoms with Crippen molar-refractivity contribution in [3.05, 3.63) is 84.4 Å². The van der Waals surface area contributed by atoms with Crippen LogP contribution in [-0.4, -0.2) is 25.4 Å². The van der Waals surface area contributed by atoms with Crippen molar-refractivity contribution in [3.8, 4) is 11.3 Å².